The molecule has 4 rings (SSSR count). The third kappa shape index (κ3) is 5.37. The van der Waals surface area contributed by atoms with Gasteiger partial charge in [0.15, 0.2) is 0 Å². The average molecular weight is 495 g/mol. The highest BCUT2D eigenvalue weighted by Gasteiger charge is 2.30. The Morgan fingerprint density at radius 1 is 1.18 bits per heavy atom. The van der Waals surface area contributed by atoms with E-state index < -0.39 is 29.0 Å². The van der Waals surface area contributed by atoms with Gasteiger partial charge in [-0.1, -0.05) is 0 Å². The molecule has 2 amide bonds. The molecule has 1 aliphatic rings. The number of hydrogen-bond acceptors (Lipinski definition) is 7. The lowest BCUT2D eigenvalue weighted by atomic mass is 10.1. The number of nitrogens with one attached hydrogen (secondary N) is 1. The fraction of sp³-hybridized carbons (Fsp3) is 0.227. The Hall–Kier alpha value is -2.89. The lowest BCUT2D eigenvalue weighted by Gasteiger charge is -2.07. The number of nitrogens with zero attached hydrogens (tertiary/aromatic N) is 1. The van der Waals surface area contributed by atoms with E-state index in [2.05, 4.69) is 10.3 Å². The summed E-state index contributed by atoms with van der Waals surface area (Å²) in [5, 5.41) is 12.3. The van der Waals surface area contributed by atoms with E-state index in [-0.39, 0.29) is 5.89 Å². The number of aryl methyl sites for hydroxylation is 2. The van der Waals surface area contributed by atoms with E-state index in [4.69, 9.17) is 4.42 Å². The number of thioether (sulfide) groups is 1. The molecule has 0 saturated carbocycles. The number of hydrogen-bond donors (Lipinski definition) is 2. The number of imide groups is 1. The second-order valence-corrected chi connectivity index (χ2v) is 9.41. The molecule has 3 heterocycles. The highest BCUT2D eigenvalue weighted by Crippen LogP contribution is 2.33. The molecule has 6 nitrogen and oxygen atoms in total. The maximum Gasteiger partial charge on any atom is 0.416 e. The summed E-state index contributed by atoms with van der Waals surface area (Å²) in [7, 11) is 0. The van der Waals surface area contributed by atoms with Crippen LogP contribution in [-0.4, -0.2) is 21.2 Å². The molecule has 0 aliphatic carbocycles. The Morgan fingerprint density at radius 2 is 1.91 bits per heavy atom. The van der Waals surface area contributed by atoms with Crippen molar-refractivity contribution in [1.29, 1.82) is 0 Å². The number of aromatic nitrogens is 1. The second kappa shape index (κ2) is 9.16. The van der Waals surface area contributed by atoms with E-state index in [0.29, 0.717) is 39.6 Å². The summed E-state index contributed by atoms with van der Waals surface area (Å²) in [5.41, 5.74) is 0.295. The minimum atomic E-state index is -4.41. The number of aliphatic hydroxyl groups excluding tert-OH is 1. The summed E-state index contributed by atoms with van der Waals surface area (Å²) < 4.78 is 43.8. The molecular formula is C22H17F3N2O4S2. The molecule has 2 aromatic heterocycles. The van der Waals surface area contributed by atoms with E-state index in [1.165, 1.54) is 23.5 Å². The van der Waals surface area contributed by atoms with Crippen molar-refractivity contribution in [2.75, 3.05) is 0 Å². The minimum Gasteiger partial charge on any atom is -0.441 e. The van der Waals surface area contributed by atoms with Gasteiger partial charge in [-0.15, -0.1) is 11.3 Å². The van der Waals surface area contributed by atoms with Crippen molar-refractivity contribution in [2.45, 2.75) is 32.0 Å². The number of thiophene rings is 1. The quantitative estimate of drug-likeness (QED) is 0.426. The Morgan fingerprint density at radius 3 is 2.55 bits per heavy atom. The van der Waals surface area contributed by atoms with Gasteiger partial charge in [-0.3, -0.25) is 14.9 Å². The van der Waals surface area contributed by atoms with Crippen LogP contribution < -0.4 is 5.32 Å². The van der Waals surface area contributed by atoms with Crippen LogP contribution in [0.25, 0.3) is 17.5 Å². The minimum absolute atomic E-state index is 0.220. The second-order valence-electron chi connectivity index (χ2n) is 7.24. The van der Waals surface area contributed by atoms with Crippen LogP contribution in [0.4, 0.5) is 18.0 Å². The summed E-state index contributed by atoms with van der Waals surface area (Å²) in [4.78, 5) is 29.0. The van der Waals surface area contributed by atoms with Crippen LogP contribution in [0, 0.1) is 6.92 Å². The topological polar surface area (TPSA) is 92.4 Å². The summed E-state index contributed by atoms with van der Waals surface area (Å²) >= 11 is 2.14. The van der Waals surface area contributed by atoms with E-state index >= 15 is 0 Å². The molecule has 1 atom stereocenters. The molecule has 0 radical (unpaired) electrons. The summed E-state index contributed by atoms with van der Waals surface area (Å²) in [6, 6.07) is 8.09. The largest absolute Gasteiger partial charge is 0.441 e. The van der Waals surface area contributed by atoms with Crippen LogP contribution in [0.2, 0.25) is 0 Å². The molecule has 3 aromatic rings. The predicted octanol–water partition coefficient (Wildman–Crippen LogP) is 5.72. The van der Waals surface area contributed by atoms with Gasteiger partial charge < -0.3 is 9.52 Å². The third-order valence-electron chi connectivity index (χ3n) is 4.90. The van der Waals surface area contributed by atoms with Gasteiger partial charge in [-0.2, -0.15) is 13.2 Å². The number of benzene rings is 1. The molecule has 1 unspecified atom stereocenters. The SMILES string of the molecule is Cc1oc(-c2ccc(C(F)(F)F)cc2)nc1CCC(O)c1ccc(/C=C2/SC(=O)NC2=O)s1. The highest BCUT2D eigenvalue weighted by molar-refractivity contribution is 8.18. The van der Waals surface area contributed by atoms with Crippen LogP contribution in [0.15, 0.2) is 45.7 Å². The van der Waals surface area contributed by atoms with Crippen molar-refractivity contribution in [3.63, 3.8) is 0 Å². The molecule has 2 N–H and O–H groups in total. The maximum atomic E-state index is 12.7. The maximum absolute atomic E-state index is 12.7. The number of aliphatic hydroxyl groups is 1. The van der Waals surface area contributed by atoms with Crippen molar-refractivity contribution < 1.29 is 32.3 Å². The lowest BCUT2D eigenvalue weighted by Crippen LogP contribution is -2.17. The first-order valence-electron chi connectivity index (χ1n) is 9.77. The lowest BCUT2D eigenvalue weighted by molar-refractivity contribution is -0.137. The van der Waals surface area contributed by atoms with Gasteiger partial charge in [0.2, 0.25) is 5.89 Å². The average Bonchev–Trinajstić information content (AvgIpc) is 3.45. The number of carbonyl (C=O) groups is 2. The Bertz CT molecular complexity index is 1230. The number of amides is 2. The zero-order valence-electron chi connectivity index (χ0n) is 17.1. The van der Waals surface area contributed by atoms with Gasteiger partial charge in [0, 0.05) is 15.3 Å². The molecule has 1 fully saturated rings. The fourth-order valence-corrected chi connectivity index (χ4v) is 4.90. The molecule has 172 valence electrons. The standard InChI is InChI=1S/C22H17F3N2O4S2/c1-11-15(26-20(31-11)12-2-4-13(5-3-12)22(23,24)25)7-8-16(28)17-9-6-14(32-17)10-18-19(29)27-21(30)33-18/h2-6,9-10,16,28H,7-8H2,1H3,(H,27,29,30)/b18-10+. The first-order valence-corrected chi connectivity index (χ1v) is 11.4. The van der Waals surface area contributed by atoms with E-state index in [9.17, 15) is 27.9 Å². The molecular weight excluding hydrogens is 477 g/mol. The van der Waals surface area contributed by atoms with E-state index in [1.807, 2.05) is 0 Å². The number of carbonyl (C=O) groups excluding carboxylic acids is 2. The molecule has 0 bridgehead atoms. The van der Waals surface area contributed by atoms with Gasteiger partial charge >= 0.3 is 6.18 Å². The Balaban J connectivity index is 1.40. The van der Waals surface area contributed by atoms with Crippen molar-refractivity contribution >= 4 is 40.3 Å². The molecule has 1 aliphatic heterocycles. The fourth-order valence-electron chi connectivity index (χ4n) is 3.18. The molecule has 1 aromatic carbocycles. The summed E-state index contributed by atoms with van der Waals surface area (Å²) in [6.45, 7) is 1.71. The normalized spacial score (nSPS) is 16.5. The summed E-state index contributed by atoms with van der Waals surface area (Å²) in [6.07, 6.45) is -2.84. The number of halogens is 3. The van der Waals surface area contributed by atoms with Crippen molar-refractivity contribution in [1.82, 2.24) is 10.3 Å². The van der Waals surface area contributed by atoms with Crippen LogP contribution in [0.5, 0.6) is 0 Å². The molecule has 33 heavy (non-hydrogen) atoms. The van der Waals surface area contributed by atoms with Gasteiger partial charge in [-0.25, -0.2) is 4.98 Å². The smallest absolute Gasteiger partial charge is 0.416 e. The van der Waals surface area contributed by atoms with E-state index in [0.717, 1.165) is 28.8 Å². The third-order valence-corrected chi connectivity index (χ3v) is 6.84. The zero-order valence-corrected chi connectivity index (χ0v) is 18.7. The van der Waals surface area contributed by atoms with Crippen LogP contribution in [0.1, 0.15) is 39.3 Å². The van der Waals surface area contributed by atoms with Gasteiger partial charge in [0.25, 0.3) is 11.1 Å². The molecule has 0 spiro atoms. The molecule has 11 heteroatoms. The predicted molar refractivity (Wildman–Crippen MR) is 118 cm³/mol. The van der Waals surface area contributed by atoms with Crippen molar-refractivity contribution in [2.24, 2.45) is 0 Å². The van der Waals surface area contributed by atoms with Gasteiger partial charge in [0.1, 0.15) is 5.76 Å². The summed E-state index contributed by atoms with van der Waals surface area (Å²) in [5.74, 6) is 0.311. The Kier molecular flexibility index (Phi) is 6.46. The van der Waals surface area contributed by atoms with Gasteiger partial charge in [-0.05, 0) is 74.0 Å². The van der Waals surface area contributed by atoms with Gasteiger partial charge in [0.05, 0.1) is 22.3 Å². The van der Waals surface area contributed by atoms with Crippen LogP contribution in [-0.2, 0) is 17.4 Å². The molecule has 1 saturated heterocycles. The number of rotatable bonds is 6. The first-order chi connectivity index (χ1) is 15.6. The number of alkyl halides is 3. The zero-order chi connectivity index (χ0) is 23.8. The highest BCUT2D eigenvalue weighted by atomic mass is 32.2. The van der Waals surface area contributed by atoms with Crippen molar-refractivity contribution in [3.8, 4) is 11.5 Å². The van der Waals surface area contributed by atoms with Crippen LogP contribution >= 0.6 is 23.1 Å². The Labute approximate surface area is 194 Å². The van der Waals surface area contributed by atoms with E-state index in [1.54, 1.807) is 25.1 Å². The number of oxazole rings is 1. The van der Waals surface area contributed by atoms with Crippen molar-refractivity contribution in [3.05, 3.63) is 68.1 Å². The monoisotopic (exact) mass is 494 g/mol. The van der Waals surface area contributed by atoms with Crippen LogP contribution in [0.3, 0.4) is 0 Å². The first kappa shape index (κ1) is 23.3.